The molecule has 1 aliphatic rings. The highest BCUT2D eigenvalue weighted by atomic mass is 19.1. The van der Waals surface area contributed by atoms with E-state index in [1.807, 2.05) is 0 Å². The van der Waals surface area contributed by atoms with E-state index in [2.05, 4.69) is 0 Å². The van der Waals surface area contributed by atoms with Crippen LogP contribution in [0, 0.1) is 12.7 Å². The molecular formula is C16H13FO4. The average molecular weight is 288 g/mol. The van der Waals surface area contributed by atoms with Crippen molar-refractivity contribution < 1.29 is 23.4 Å². The molecule has 5 heteroatoms. The Morgan fingerprint density at radius 3 is 2.81 bits per heavy atom. The topological polar surface area (TPSA) is 44.8 Å². The Morgan fingerprint density at radius 1 is 1.19 bits per heavy atom. The molecule has 0 spiro atoms. The van der Waals surface area contributed by atoms with Crippen LogP contribution in [-0.4, -0.2) is 12.8 Å². The molecule has 0 amide bonds. The van der Waals surface area contributed by atoms with Gasteiger partial charge in [-0.2, -0.15) is 0 Å². The minimum absolute atomic E-state index is 0.0883. The Kier molecular flexibility index (Phi) is 3.48. The third-order valence-electron chi connectivity index (χ3n) is 3.21. The number of carbonyl (C=O) groups excluding carboxylic acids is 1. The molecule has 0 bridgehead atoms. The van der Waals surface area contributed by atoms with Crippen molar-refractivity contribution in [2.75, 3.05) is 6.79 Å². The molecule has 21 heavy (non-hydrogen) atoms. The third-order valence-corrected chi connectivity index (χ3v) is 3.21. The summed E-state index contributed by atoms with van der Waals surface area (Å²) in [6.07, 6.45) is 0. The van der Waals surface area contributed by atoms with Gasteiger partial charge >= 0.3 is 5.97 Å². The quantitative estimate of drug-likeness (QED) is 0.813. The number of hydrogen-bond donors (Lipinski definition) is 0. The van der Waals surface area contributed by atoms with E-state index >= 15 is 0 Å². The zero-order valence-electron chi connectivity index (χ0n) is 11.4. The summed E-state index contributed by atoms with van der Waals surface area (Å²) in [4.78, 5) is 11.9. The van der Waals surface area contributed by atoms with Gasteiger partial charge in [0.2, 0.25) is 6.79 Å². The van der Waals surface area contributed by atoms with Crippen LogP contribution in [0.4, 0.5) is 4.39 Å². The van der Waals surface area contributed by atoms with Crippen molar-refractivity contribution in [1.82, 2.24) is 0 Å². The molecule has 3 rings (SSSR count). The molecule has 0 atom stereocenters. The van der Waals surface area contributed by atoms with Gasteiger partial charge in [0.15, 0.2) is 11.5 Å². The van der Waals surface area contributed by atoms with Crippen LogP contribution in [-0.2, 0) is 11.3 Å². The summed E-state index contributed by atoms with van der Waals surface area (Å²) in [5.41, 5.74) is 1.46. The van der Waals surface area contributed by atoms with Crippen molar-refractivity contribution in [1.29, 1.82) is 0 Å². The molecule has 1 heterocycles. The van der Waals surface area contributed by atoms with Crippen LogP contribution < -0.4 is 9.47 Å². The number of fused-ring (bicyclic) bond motifs is 1. The predicted molar refractivity (Wildman–Crippen MR) is 72.8 cm³/mol. The summed E-state index contributed by atoms with van der Waals surface area (Å²) >= 11 is 0. The minimum atomic E-state index is -0.563. The molecule has 0 unspecified atom stereocenters. The van der Waals surface area contributed by atoms with Crippen molar-refractivity contribution in [3.63, 3.8) is 0 Å². The van der Waals surface area contributed by atoms with E-state index in [4.69, 9.17) is 14.2 Å². The van der Waals surface area contributed by atoms with Gasteiger partial charge in [-0.05, 0) is 42.3 Å². The molecule has 1 aliphatic heterocycles. The lowest BCUT2D eigenvalue weighted by Gasteiger charge is -2.06. The zero-order chi connectivity index (χ0) is 14.8. The first-order valence-corrected chi connectivity index (χ1v) is 6.45. The standard InChI is InChI=1S/C16H13FO4/c1-10-2-4-12(7-13(10)17)16(18)19-8-11-3-5-14-15(6-11)21-9-20-14/h2-7H,8-9H2,1H3. The molecule has 0 saturated carbocycles. The largest absolute Gasteiger partial charge is 0.457 e. The fourth-order valence-corrected chi connectivity index (χ4v) is 1.98. The Hall–Kier alpha value is -2.56. The number of hydrogen-bond acceptors (Lipinski definition) is 4. The van der Waals surface area contributed by atoms with Gasteiger partial charge in [-0.3, -0.25) is 0 Å². The highest BCUT2D eigenvalue weighted by molar-refractivity contribution is 5.89. The van der Waals surface area contributed by atoms with Crippen molar-refractivity contribution in [2.45, 2.75) is 13.5 Å². The summed E-state index contributed by atoms with van der Waals surface area (Å²) in [5, 5.41) is 0. The highest BCUT2D eigenvalue weighted by Crippen LogP contribution is 2.32. The Labute approximate surface area is 121 Å². The second-order valence-electron chi connectivity index (χ2n) is 4.73. The van der Waals surface area contributed by atoms with E-state index < -0.39 is 11.8 Å². The van der Waals surface area contributed by atoms with Gasteiger partial charge in [-0.15, -0.1) is 0 Å². The van der Waals surface area contributed by atoms with Crippen LogP contribution in [0.25, 0.3) is 0 Å². The number of benzene rings is 2. The molecule has 0 aliphatic carbocycles. The van der Waals surface area contributed by atoms with Gasteiger partial charge in [0.1, 0.15) is 12.4 Å². The first kappa shape index (κ1) is 13.4. The number of esters is 1. The molecule has 0 N–H and O–H groups in total. The van der Waals surface area contributed by atoms with Crippen LogP contribution in [0.2, 0.25) is 0 Å². The maximum absolute atomic E-state index is 13.4. The summed E-state index contributed by atoms with van der Waals surface area (Å²) in [6.45, 7) is 1.92. The molecule has 2 aromatic carbocycles. The van der Waals surface area contributed by atoms with E-state index in [1.54, 1.807) is 37.3 Å². The first-order valence-electron chi connectivity index (χ1n) is 6.45. The smallest absolute Gasteiger partial charge is 0.338 e. The van der Waals surface area contributed by atoms with E-state index in [9.17, 15) is 9.18 Å². The molecular weight excluding hydrogens is 275 g/mol. The maximum atomic E-state index is 13.4. The fraction of sp³-hybridized carbons (Fsp3) is 0.188. The SMILES string of the molecule is Cc1ccc(C(=O)OCc2ccc3c(c2)OCO3)cc1F. The van der Waals surface area contributed by atoms with Crippen LogP contribution in [0.15, 0.2) is 36.4 Å². The minimum Gasteiger partial charge on any atom is -0.457 e. The van der Waals surface area contributed by atoms with Crippen LogP contribution in [0.5, 0.6) is 11.5 Å². The Bertz CT molecular complexity index is 697. The van der Waals surface area contributed by atoms with Gasteiger partial charge < -0.3 is 14.2 Å². The zero-order valence-corrected chi connectivity index (χ0v) is 11.4. The van der Waals surface area contributed by atoms with Gasteiger partial charge in [0.25, 0.3) is 0 Å². The summed E-state index contributed by atoms with van der Waals surface area (Å²) < 4.78 is 29.0. The van der Waals surface area contributed by atoms with E-state index in [0.717, 1.165) is 5.56 Å². The van der Waals surface area contributed by atoms with Crippen molar-refractivity contribution in [2.24, 2.45) is 0 Å². The summed E-state index contributed by atoms with van der Waals surface area (Å²) in [5.74, 6) is 0.315. The number of halogens is 1. The lowest BCUT2D eigenvalue weighted by Crippen LogP contribution is -2.06. The van der Waals surface area contributed by atoms with Gasteiger partial charge in [-0.1, -0.05) is 12.1 Å². The molecule has 0 radical (unpaired) electrons. The molecule has 0 fully saturated rings. The van der Waals surface area contributed by atoms with E-state index in [1.165, 1.54) is 6.07 Å². The lowest BCUT2D eigenvalue weighted by atomic mass is 10.1. The van der Waals surface area contributed by atoms with Crippen molar-refractivity contribution in [3.05, 3.63) is 58.9 Å². The molecule has 2 aromatic rings. The summed E-state index contributed by atoms with van der Waals surface area (Å²) in [6, 6.07) is 9.57. The fourth-order valence-electron chi connectivity index (χ4n) is 1.98. The maximum Gasteiger partial charge on any atom is 0.338 e. The third kappa shape index (κ3) is 2.81. The number of ether oxygens (including phenoxy) is 3. The Morgan fingerprint density at radius 2 is 2.00 bits per heavy atom. The Balaban J connectivity index is 1.67. The van der Waals surface area contributed by atoms with Gasteiger partial charge in [0.05, 0.1) is 5.56 Å². The monoisotopic (exact) mass is 288 g/mol. The molecule has 108 valence electrons. The molecule has 4 nitrogen and oxygen atoms in total. The predicted octanol–water partition coefficient (Wildman–Crippen LogP) is 3.22. The van der Waals surface area contributed by atoms with Crippen LogP contribution in [0.1, 0.15) is 21.5 Å². The molecule has 0 saturated heterocycles. The van der Waals surface area contributed by atoms with Crippen LogP contribution >= 0.6 is 0 Å². The van der Waals surface area contributed by atoms with E-state index in [0.29, 0.717) is 17.1 Å². The number of aryl methyl sites for hydroxylation is 1. The number of rotatable bonds is 3. The highest BCUT2D eigenvalue weighted by Gasteiger charge is 2.14. The van der Waals surface area contributed by atoms with Crippen molar-refractivity contribution in [3.8, 4) is 11.5 Å². The van der Waals surface area contributed by atoms with Gasteiger partial charge in [0, 0.05) is 0 Å². The summed E-state index contributed by atoms with van der Waals surface area (Å²) in [7, 11) is 0. The van der Waals surface area contributed by atoms with Crippen molar-refractivity contribution >= 4 is 5.97 Å². The average Bonchev–Trinajstić information content (AvgIpc) is 2.95. The van der Waals surface area contributed by atoms with E-state index in [-0.39, 0.29) is 19.0 Å². The normalized spacial score (nSPS) is 12.3. The van der Waals surface area contributed by atoms with Crippen LogP contribution in [0.3, 0.4) is 0 Å². The lowest BCUT2D eigenvalue weighted by molar-refractivity contribution is 0.0472. The second kappa shape index (κ2) is 5.44. The number of carbonyl (C=O) groups is 1. The molecule has 0 aromatic heterocycles. The van der Waals surface area contributed by atoms with Gasteiger partial charge in [-0.25, -0.2) is 9.18 Å². The second-order valence-corrected chi connectivity index (χ2v) is 4.73. The first-order chi connectivity index (χ1) is 10.1.